The number of H-pyrrole nitrogens is 1. The zero-order valence-corrected chi connectivity index (χ0v) is 22.7. The van der Waals surface area contributed by atoms with E-state index in [0.717, 1.165) is 36.8 Å². The number of carbonyl (C=O) groups is 2. The highest BCUT2D eigenvalue weighted by Gasteiger charge is 2.09. The van der Waals surface area contributed by atoms with Crippen molar-refractivity contribution in [3.8, 4) is 0 Å². The third-order valence-electron chi connectivity index (χ3n) is 4.84. The number of aromatic nitrogens is 2. The molecule has 0 radical (unpaired) electrons. The number of aromatic amines is 1. The van der Waals surface area contributed by atoms with Crippen LogP contribution in [0.25, 0.3) is 31.5 Å². The number of nitrogens with one attached hydrogen (secondary N) is 1. The highest BCUT2D eigenvalue weighted by molar-refractivity contribution is 9.11. The molecule has 4 rings (SSSR count). The number of nitrogens with zero attached hydrogens (tertiary/aromatic N) is 3. The van der Waals surface area contributed by atoms with Crippen molar-refractivity contribution in [2.75, 3.05) is 14.2 Å². The number of hydrogen-bond donors (Lipinski definition) is 1. The minimum atomic E-state index is -0.394. The van der Waals surface area contributed by atoms with Crippen molar-refractivity contribution in [1.29, 1.82) is 0 Å². The van der Waals surface area contributed by atoms with Crippen molar-refractivity contribution in [1.82, 2.24) is 9.55 Å². The van der Waals surface area contributed by atoms with Crippen molar-refractivity contribution >= 4 is 77.0 Å². The molecular weight excluding hydrogens is 592 g/mol. The van der Waals surface area contributed by atoms with Crippen molar-refractivity contribution in [3.63, 3.8) is 0 Å². The summed E-state index contributed by atoms with van der Waals surface area (Å²) in [6, 6.07) is 11.1. The van der Waals surface area contributed by atoms with Crippen molar-refractivity contribution in [2.24, 2.45) is 0 Å². The van der Waals surface area contributed by atoms with Crippen molar-refractivity contribution in [3.05, 3.63) is 93.2 Å². The fraction of sp³-hybridized carbons (Fsp3) is 0.154. The summed E-state index contributed by atoms with van der Waals surface area (Å²) in [5, 5.41) is 2.04. The number of fused-ring (bicyclic) bond motifs is 2. The van der Waals surface area contributed by atoms with E-state index in [-0.39, 0.29) is 5.97 Å². The average molecular weight is 614 g/mol. The molecule has 0 bridgehead atoms. The molecule has 1 N–H and O–H groups in total. The molecule has 0 amide bonds. The second-order valence-corrected chi connectivity index (χ2v) is 8.72. The minimum absolute atomic E-state index is 0.231. The van der Waals surface area contributed by atoms with Gasteiger partial charge < -0.3 is 19.0 Å². The number of ether oxygens (including phenoxy) is 2. The third kappa shape index (κ3) is 7.57. The van der Waals surface area contributed by atoms with Gasteiger partial charge in [0, 0.05) is 55.8 Å². The second-order valence-electron chi connectivity index (χ2n) is 7.02. The van der Waals surface area contributed by atoms with Gasteiger partial charge >= 0.3 is 11.9 Å². The molecule has 0 spiro atoms. The van der Waals surface area contributed by atoms with Gasteiger partial charge in [-0.15, -0.1) is 0 Å². The van der Waals surface area contributed by atoms with E-state index in [2.05, 4.69) is 62.6 Å². The normalized spacial score (nSPS) is 9.61. The van der Waals surface area contributed by atoms with Crippen LogP contribution in [0.1, 0.15) is 6.42 Å². The van der Waals surface area contributed by atoms with E-state index in [1.54, 1.807) is 12.1 Å². The number of aryl methyl sites for hydroxylation is 1. The Labute approximate surface area is 225 Å². The van der Waals surface area contributed by atoms with Crippen LogP contribution in [0.2, 0.25) is 0 Å². The lowest BCUT2D eigenvalue weighted by Crippen LogP contribution is -2.05. The number of esters is 2. The second kappa shape index (κ2) is 13.9. The molecule has 10 heteroatoms. The van der Waals surface area contributed by atoms with Crippen LogP contribution in [0.15, 0.2) is 70.4 Å². The molecule has 0 unspecified atom stereocenters. The molecule has 8 nitrogen and oxygen atoms in total. The summed E-state index contributed by atoms with van der Waals surface area (Å²) in [5.74, 6) is -0.624. The monoisotopic (exact) mass is 612 g/mol. The zero-order chi connectivity index (χ0) is 26.7. The molecule has 2 aromatic carbocycles. The summed E-state index contributed by atoms with van der Waals surface area (Å²) in [6.45, 7) is 17.6. The van der Waals surface area contributed by atoms with Gasteiger partial charge in [0.05, 0.1) is 33.8 Å². The van der Waals surface area contributed by atoms with Crippen LogP contribution < -0.4 is 0 Å². The van der Waals surface area contributed by atoms with Crippen molar-refractivity contribution in [2.45, 2.75) is 13.0 Å². The van der Waals surface area contributed by atoms with Crippen LogP contribution in [0.4, 0.5) is 11.4 Å². The highest BCUT2D eigenvalue weighted by Crippen LogP contribution is 2.30. The Hall–Kier alpha value is -3.86. The fourth-order valence-electron chi connectivity index (χ4n) is 3.04. The van der Waals surface area contributed by atoms with Gasteiger partial charge in [0.2, 0.25) is 0 Å². The Morgan fingerprint density at radius 3 is 2.22 bits per heavy atom. The van der Waals surface area contributed by atoms with Crippen LogP contribution in [-0.2, 0) is 25.6 Å². The topological polar surface area (TPSA) is 82.0 Å². The highest BCUT2D eigenvalue weighted by atomic mass is 79.9. The molecule has 0 saturated carbocycles. The van der Waals surface area contributed by atoms with Gasteiger partial charge in [0.25, 0.3) is 0 Å². The maximum absolute atomic E-state index is 11.1. The number of carbonyl (C=O) groups excluding carboxylic acids is 2. The van der Waals surface area contributed by atoms with Gasteiger partial charge in [-0.05, 0) is 56.1 Å². The van der Waals surface area contributed by atoms with Gasteiger partial charge in [-0.2, -0.15) is 0 Å². The largest absolute Gasteiger partial charge is 0.469 e. The Kier molecular flexibility index (Phi) is 10.9. The van der Waals surface area contributed by atoms with E-state index in [4.69, 9.17) is 13.1 Å². The molecule has 36 heavy (non-hydrogen) atoms. The van der Waals surface area contributed by atoms with Gasteiger partial charge in [-0.25, -0.2) is 14.5 Å². The first-order chi connectivity index (χ1) is 17.3. The van der Waals surface area contributed by atoms with E-state index < -0.39 is 5.97 Å². The maximum Gasteiger partial charge on any atom is 0.329 e. The van der Waals surface area contributed by atoms with E-state index in [1.165, 1.54) is 14.2 Å². The van der Waals surface area contributed by atoms with Crippen LogP contribution in [0.5, 0.6) is 0 Å². The zero-order valence-electron chi connectivity index (χ0n) is 19.5. The molecule has 0 atom stereocenters. The standard InChI is InChI=1S/C13H11BrN2O2.C9H5BrN2.C4H6O2/c1-15-9-3-4-12-10(7-9)11(14)8-16(12)6-5-13(17)18-2;1-11-6-2-3-9-7(4-6)8(10)5-12-9;1-3-4(5)6-2/h3-4,7-8H,5-6H2,2H3;2-5,12H;3H,1H2,2H3. The lowest BCUT2D eigenvalue weighted by Gasteiger charge is -2.04. The molecule has 2 heterocycles. The first-order valence-electron chi connectivity index (χ1n) is 10.3. The van der Waals surface area contributed by atoms with Crippen LogP contribution in [0.3, 0.4) is 0 Å². The Morgan fingerprint density at radius 1 is 1.03 bits per heavy atom. The lowest BCUT2D eigenvalue weighted by molar-refractivity contribution is -0.140. The number of benzene rings is 2. The van der Waals surface area contributed by atoms with Gasteiger partial charge in [-0.3, -0.25) is 4.79 Å². The molecule has 2 aromatic heterocycles. The molecular formula is C26H22Br2N4O4. The predicted molar refractivity (Wildman–Crippen MR) is 147 cm³/mol. The number of halogens is 2. The van der Waals surface area contributed by atoms with Gasteiger partial charge in [-0.1, -0.05) is 18.7 Å². The first kappa shape index (κ1) is 28.4. The Balaban J connectivity index is 0.000000218. The number of methoxy groups -OCH3 is 2. The fourth-order valence-corrected chi connectivity index (χ4v) is 4.04. The van der Waals surface area contributed by atoms with Crippen LogP contribution >= 0.6 is 31.9 Å². The van der Waals surface area contributed by atoms with Gasteiger partial charge in [0.1, 0.15) is 0 Å². The van der Waals surface area contributed by atoms with E-state index in [1.807, 2.05) is 41.2 Å². The lowest BCUT2D eigenvalue weighted by atomic mass is 10.2. The molecule has 0 aliphatic heterocycles. The molecule has 0 aliphatic rings. The molecule has 0 aliphatic carbocycles. The maximum atomic E-state index is 11.1. The Morgan fingerprint density at radius 2 is 1.67 bits per heavy atom. The summed E-state index contributed by atoms with van der Waals surface area (Å²) >= 11 is 6.86. The Bertz CT molecular complexity index is 1480. The quantitative estimate of drug-likeness (QED) is 0.148. The predicted octanol–water partition coefficient (Wildman–Crippen LogP) is 7.34. The molecule has 184 valence electrons. The van der Waals surface area contributed by atoms with E-state index in [9.17, 15) is 9.59 Å². The number of hydrogen-bond acceptors (Lipinski definition) is 4. The average Bonchev–Trinajstić information content (AvgIpc) is 3.45. The van der Waals surface area contributed by atoms with Gasteiger partial charge in [0.15, 0.2) is 11.4 Å². The smallest absolute Gasteiger partial charge is 0.329 e. The number of rotatable bonds is 4. The van der Waals surface area contributed by atoms with Crippen molar-refractivity contribution < 1.29 is 19.1 Å². The third-order valence-corrected chi connectivity index (χ3v) is 6.13. The van der Waals surface area contributed by atoms with E-state index >= 15 is 0 Å². The minimum Gasteiger partial charge on any atom is -0.469 e. The molecule has 4 aromatic rings. The SMILES string of the molecule is C=CC(=O)OC.[C-]#[N+]c1ccc2[nH]cc(Br)c2c1.[C-]#[N+]c1ccc2c(c1)c(Br)cn2CCC(=O)OC. The molecule has 0 saturated heterocycles. The summed E-state index contributed by atoms with van der Waals surface area (Å²) in [5.41, 5.74) is 3.32. The summed E-state index contributed by atoms with van der Waals surface area (Å²) in [7, 11) is 2.69. The first-order valence-corrected chi connectivity index (χ1v) is 11.9. The van der Waals surface area contributed by atoms with Crippen LogP contribution in [-0.4, -0.2) is 35.7 Å². The molecule has 0 fully saturated rings. The summed E-state index contributed by atoms with van der Waals surface area (Å²) in [4.78, 5) is 30.8. The summed E-state index contributed by atoms with van der Waals surface area (Å²) < 4.78 is 12.7. The summed E-state index contributed by atoms with van der Waals surface area (Å²) in [6.07, 6.45) is 5.23. The van der Waals surface area contributed by atoms with E-state index in [0.29, 0.717) is 24.3 Å². The van der Waals surface area contributed by atoms with Crippen LogP contribution in [0, 0.1) is 13.1 Å².